The number of hydrogen-bond donors (Lipinski definition) is 0. The number of nitro groups is 1. The zero-order valence-corrected chi connectivity index (χ0v) is 9.90. The van der Waals surface area contributed by atoms with E-state index in [-0.39, 0.29) is 22.8 Å². The fourth-order valence-corrected chi connectivity index (χ4v) is 2.72. The van der Waals surface area contributed by atoms with Crippen LogP contribution in [0.2, 0.25) is 0 Å². The lowest BCUT2D eigenvalue weighted by molar-refractivity contribution is -0.495. The van der Waals surface area contributed by atoms with Gasteiger partial charge in [-0.1, -0.05) is 13.8 Å². The molecule has 2 rings (SSSR count). The van der Waals surface area contributed by atoms with Gasteiger partial charge in [0.15, 0.2) is 5.79 Å². The van der Waals surface area contributed by atoms with Crippen LogP contribution in [0.1, 0.15) is 33.1 Å². The van der Waals surface area contributed by atoms with Crippen molar-refractivity contribution in [2.24, 2.45) is 11.3 Å². The lowest BCUT2D eigenvalue weighted by atomic mass is 9.67. The zero-order valence-electron chi connectivity index (χ0n) is 9.90. The summed E-state index contributed by atoms with van der Waals surface area (Å²) in [6.45, 7) is 5.45. The van der Waals surface area contributed by atoms with Gasteiger partial charge in [-0.05, 0) is 11.8 Å². The van der Waals surface area contributed by atoms with Crippen molar-refractivity contribution in [3.05, 3.63) is 10.1 Å². The first kappa shape index (κ1) is 11.8. The maximum Gasteiger partial charge on any atom is 0.207 e. The first-order chi connectivity index (χ1) is 7.44. The Morgan fingerprint density at radius 3 is 2.50 bits per heavy atom. The van der Waals surface area contributed by atoms with Crippen LogP contribution < -0.4 is 0 Å². The second-order valence-corrected chi connectivity index (χ2v) is 5.51. The van der Waals surface area contributed by atoms with Crippen LogP contribution in [0.25, 0.3) is 0 Å². The largest absolute Gasteiger partial charge is 0.348 e. The molecule has 0 aromatic rings. The van der Waals surface area contributed by atoms with Gasteiger partial charge in [0.25, 0.3) is 0 Å². The van der Waals surface area contributed by atoms with Crippen molar-refractivity contribution >= 4 is 0 Å². The number of ether oxygens (including phenoxy) is 2. The van der Waals surface area contributed by atoms with Crippen LogP contribution in [0, 0.1) is 21.4 Å². The van der Waals surface area contributed by atoms with Gasteiger partial charge in [0, 0.05) is 23.7 Å². The summed E-state index contributed by atoms with van der Waals surface area (Å²) in [5.41, 5.74) is 0.00757. The van der Waals surface area contributed by atoms with Crippen molar-refractivity contribution in [3.63, 3.8) is 0 Å². The molecule has 1 unspecified atom stereocenters. The summed E-state index contributed by atoms with van der Waals surface area (Å²) < 4.78 is 11.3. The van der Waals surface area contributed by atoms with Crippen LogP contribution in [0.4, 0.5) is 0 Å². The van der Waals surface area contributed by atoms with Crippen molar-refractivity contribution in [2.45, 2.75) is 38.9 Å². The zero-order chi connectivity index (χ0) is 11.8. The van der Waals surface area contributed by atoms with E-state index in [9.17, 15) is 10.1 Å². The average Bonchev–Trinajstić information content (AvgIpc) is 2.61. The Labute approximate surface area is 95.3 Å². The Morgan fingerprint density at radius 1 is 1.31 bits per heavy atom. The molecule has 1 aliphatic heterocycles. The molecule has 0 amide bonds. The van der Waals surface area contributed by atoms with Gasteiger partial charge in [0.1, 0.15) is 0 Å². The van der Waals surface area contributed by atoms with E-state index in [1.807, 2.05) is 0 Å². The van der Waals surface area contributed by atoms with Crippen molar-refractivity contribution in [1.82, 2.24) is 0 Å². The van der Waals surface area contributed by atoms with Gasteiger partial charge in [-0.2, -0.15) is 0 Å². The smallest absolute Gasteiger partial charge is 0.207 e. The van der Waals surface area contributed by atoms with Gasteiger partial charge < -0.3 is 9.47 Å². The Morgan fingerprint density at radius 2 is 1.94 bits per heavy atom. The normalized spacial score (nSPS) is 31.8. The summed E-state index contributed by atoms with van der Waals surface area (Å²) in [7, 11) is 0. The average molecular weight is 229 g/mol. The molecular weight excluding hydrogens is 210 g/mol. The molecule has 2 aliphatic rings. The SMILES string of the molecule is CC1(C)CCC2(CC1C[N+](=O)[O-])OCCO2. The van der Waals surface area contributed by atoms with Gasteiger partial charge in [0.2, 0.25) is 6.54 Å². The van der Waals surface area contributed by atoms with Crippen molar-refractivity contribution < 1.29 is 14.4 Å². The lowest BCUT2D eigenvalue weighted by Gasteiger charge is -2.44. The van der Waals surface area contributed by atoms with Crippen molar-refractivity contribution in [3.8, 4) is 0 Å². The van der Waals surface area contributed by atoms with Crippen LogP contribution in [-0.4, -0.2) is 30.5 Å². The minimum absolute atomic E-state index is 0.00757. The monoisotopic (exact) mass is 229 g/mol. The van der Waals surface area contributed by atoms with E-state index < -0.39 is 5.79 Å². The second-order valence-electron chi connectivity index (χ2n) is 5.51. The first-order valence-corrected chi connectivity index (χ1v) is 5.83. The Bertz CT molecular complexity index is 284. The molecule has 0 N–H and O–H groups in total. The second kappa shape index (κ2) is 3.96. The van der Waals surface area contributed by atoms with Crippen LogP contribution in [0.5, 0.6) is 0 Å². The summed E-state index contributed by atoms with van der Waals surface area (Å²) in [4.78, 5) is 10.5. The lowest BCUT2D eigenvalue weighted by Crippen LogP contribution is -2.46. The van der Waals surface area contributed by atoms with Crippen LogP contribution in [0.3, 0.4) is 0 Å². The van der Waals surface area contributed by atoms with E-state index >= 15 is 0 Å². The molecule has 5 nitrogen and oxygen atoms in total. The highest BCUT2D eigenvalue weighted by Crippen LogP contribution is 2.47. The molecule has 2 fully saturated rings. The standard InChI is InChI=1S/C11H19NO4/c1-10(2)3-4-11(15-5-6-16-11)7-9(10)8-12(13)14/h9H,3-8H2,1-2H3. The van der Waals surface area contributed by atoms with Crippen LogP contribution >= 0.6 is 0 Å². The Hall–Kier alpha value is -0.680. The predicted octanol–water partition coefficient (Wildman–Crippen LogP) is 1.83. The summed E-state index contributed by atoms with van der Waals surface area (Å²) in [5, 5.41) is 10.7. The minimum Gasteiger partial charge on any atom is -0.348 e. The van der Waals surface area contributed by atoms with Crippen molar-refractivity contribution in [1.29, 1.82) is 0 Å². The summed E-state index contributed by atoms with van der Waals surface area (Å²) in [6, 6.07) is 0. The molecule has 0 aromatic carbocycles. The molecular formula is C11H19NO4. The predicted molar refractivity (Wildman–Crippen MR) is 57.6 cm³/mol. The molecule has 1 saturated carbocycles. The third kappa shape index (κ3) is 2.20. The van der Waals surface area contributed by atoms with E-state index in [2.05, 4.69) is 13.8 Å². The summed E-state index contributed by atoms with van der Waals surface area (Å²) in [6.07, 6.45) is 2.43. The van der Waals surface area contributed by atoms with Crippen LogP contribution in [-0.2, 0) is 9.47 Å². The Kier molecular flexibility index (Phi) is 2.92. The van der Waals surface area contributed by atoms with Gasteiger partial charge in [-0.3, -0.25) is 10.1 Å². The van der Waals surface area contributed by atoms with Gasteiger partial charge in [0.05, 0.1) is 13.2 Å². The molecule has 1 heterocycles. The fourth-order valence-electron chi connectivity index (χ4n) is 2.72. The number of hydrogen-bond acceptors (Lipinski definition) is 4. The summed E-state index contributed by atoms with van der Waals surface area (Å²) in [5.74, 6) is -0.481. The van der Waals surface area contributed by atoms with E-state index in [0.29, 0.717) is 19.6 Å². The summed E-state index contributed by atoms with van der Waals surface area (Å²) >= 11 is 0. The molecule has 0 aromatic heterocycles. The molecule has 1 atom stereocenters. The Balaban J connectivity index is 2.09. The highest BCUT2D eigenvalue weighted by atomic mass is 16.7. The van der Waals surface area contributed by atoms with Gasteiger partial charge >= 0.3 is 0 Å². The molecule has 16 heavy (non-hydrogen) atoms. The molecule has 5 heteroatoms. The first-order valence-electron chi connectivity index (χ1n) is 5.83. The molecule has 1 spiro atoms. The molecule has 1 saturated heterocycles. The van der Waals surface area contributed by atoms with E-state index in [1.54, 1.807) is 0 Å². The fraction of sp³-hybridized carbons (Fsp3) is 1.00. The third-order valence-electron chi connectivity index (χ3n) is 4.00. The number of rotatable bonds is 2. The van der Waals surface area contributed by atoms with E-state index in [0.717, 1.165) is 12.8 Å². The molecule has 92 valence electrons. The van der Waals surface area contributed by atoms with E-state index in [1.165, 1.54) is 0 Å². The molecule has 0 bridgehead atoms. The van der Waals surface area contributed by atoms with Gasteiger partial charge in [-0.25, -0.2) is 0 Å². The molecule has 0 radical (unpaired) electrons. The van der Waals surface area contributed by atoms with E-state index in [4.69, 9.17) is 9.47 Å². The third-order valence-corrected chi connectivity index (χ3v) is 4.00. The molecule has 1 aliphatic carbocycles. The minimum atomic E-state index is -0.518. The highest BCUT2D eigenvalue weighted by Gasteiger charge is 2.49. The van der Waals surface area contributed by atoms with Crippen LogP contribution in [0.15, 0.2) is 0 Å². The number of nitrogens with zero attached hydrogens (tertiary/aromatic N) is 1. The quantitative estimate of drug-likeness (QED) is 0.535. The maximum absolute atomic E-state index is 10.7. The highest BCUT2D eigenvalue weighted by molar-refractivity contribution is 4.92. The van der Waals surface area contributed by atoms with Gasteiger partial charge in [-0.15, -0.1) is 0 Å². The topological polar surface area (TPSA) is 61.6 Å². The van der Waals surface area contributed by atoms with Crippen molar-refractivity contribution in [2.75, 3.05) is 19.8 Å². The maximum atomic E-state index is 10.7.